The molecule has 0 radical (unpaired) electrons. The monoisotopic (exact) mass is 484 g/mol. The zero-order valence-electron chi connectivity index (χ0n) is 20.3. The quantitative estimate of drug-likeness (QED) is 0.401. The Balaban J connectivity index is 1.70. The molecule has 184 valence electrons. The Morgan fingerprint density at radius 1 is 0.861 bits per heavy atom. The normalized spacial score (nSPS) is 10.8. The first kappa shape index (κ1) is 24.7. The number of carbonyl (C=O) groups is 2. The van der Waals surface area contributed by atoms with Gasteiger partial charge < -0.3 is 10.6 Å². The topological polar surface area (TPSA) is 102 Å². The lowest BCUT2D eigenvalue weighted by molar-refractivity contribution is -0.120. The summed E-state index contributed by atoms with van der Waals surface area (Å²) < 4.78 is 2.36. The molecule has 36 heavy (non-hydrogen) atoms. The molecular weight excluding hydrogens is 456 g/mol. The van der Waals surface area contributed by atoms with Crippen LogP contribution in [0.4, 0.5) is 5.69 Å². The van der Waals surface area contributed by atoms with Crippen LogP contribution >= 0.6 is 0 Å². The number of nitrogens with one attached hydrogen (secondary N) is 2. The number of hydrogen-bond acceptors (Lipinski definition) is 4. The molecule has 0 saturated carbocycles. The molecule has 8 nitrogen and oxygen atoms in total. The number of fused-ring (bicyclic) bond motifs is 1. The van der Waals surface area contributed by atoms with E-state index in [1.54, 1.807) is 54.6 Å². The van der Waals surface area contributed by atoms with Crippen LogP contribution in [0.5, 0.6) is 0 Å². The molecule has 0 fully saturated rings. The average Bonchev–Trinajstić information content (AvgIpc) is 2.88. The van der Waals surface area contributed by atoms with Gasteiger partial charge in [0.05, 0.1) is 23.0 Å². The van der Waals surface area contributed by atoms with Crippen molar-refractivity contribution in [2.75, 3.05) is 11.9 Å². The predicted molar refractivity (Wildman–Crippen MR) is 141 cm³/mol. The lowest BCUT2D eigenvalue weighted by Crippen LogP contribution is -2.40. The molecule has 1 aromatic heterocycles. The zero-order chi connectivity index (χ0) is 25.7. The van der Waals surface area contributed by atoms with Crippen LogP contribution in [0.25, 0.3) is 16.6 Å². The maximum atomic E-state index is 13.5. The third-order valence-corrected chi connectivity index (χ3v) is 5.90. The molecular formula is C28H28N4O4. The highest BCUT2D eigenvalue weighted by atomic mass is 16.2. The SMILES string of the molecule is CCCNC(=O)Cc1ccc(-n2c(=O)c3ccccc3n(CC(=O)Nc3ccccc3C)c2=O)cc1. The molecule has 0 aliphatic heterocycles. The predicted octanol–water partition coefficient (Wildman–Crippen LogP) is 3.17. The Morgan fingerprint density at radius 3 is 2.28 bits per heavy atom. The minimum atomic E-state index is -0.618. The van der Waals surface area contributed by atoms with Crippen molar-refractivity contribution >= 4 is 28.4 Å². The third kappa shape index (κ3) is 5.27. The maximum Gasteiger partial charge on any atom is 0.336 e. The molecule has 4 aromatic rings. The first-order valence-corrected chi connectivity index (χ1v) is 11.8. The van der Waals surface area contributed by atoms with Crippen LogP contribution in [0.1, 0.15) is 24.5 Å². The van der Waals surface area contributed by atoms with Gasteiger partial charge in [0.25, 0.3) is 5.56 Å². The molecule has 0 aliphatic carbocycles. The van der Waals surface area contributed by atoms with E-state index in [0.29, 0.717) is 28.8 Å². The molecule has 0 atom stereocenters. The summed E-state index contributed by atoms with van der Waals surface area (Å²) in [7, 11) is 0. The largest absolute Gasteiger partial charge is 0.356 e. The molecule has 0 aliphatic rings. The first-order valence-electron chi connectivity index (χ1n) is 11.8. The van der Waals surface area contributed by atoms with Gasteiger partial charge in [-0.3, -0.25) is 19.0 Å². The van der Waals surface area contributed by atoms with Crippen molar-refractivity contribution in [1.82, 2.24) is 14.5 Å². The van der Waals surface area contributed by atoms with Crippen LogP contribution in [0.15, 0.2) is 82.4 Å². The fourth-order valence-electron chi connectivity index (χ4n) is 4.02. The summed E-state index contributed by atoms with van der Waals surface area (Å²) in [5.74, 6) is -0.468. The molecule has 1 heterocycles. The van der Waals surface area contributed by atoms with Gasteiger partial charge in [-0.15, -0.1) is 0 Å². The van der Waals surface area contributed by atoms with Gasteiger partial charge in [-0.1, -0.05) is 49.4 Å². The Bertz CT molecular complexity index is 1530. The van der Waals surface area contributed by atoms with Gasteiger partial charge >= 0.3 is 5.69 Å². The number of benzene rings is 3. The van der Waals surface area contributed by atoms with Crippen molar-refractivity contribution in [3.05, 3.63) is 105 Å². The van der Waals surface area contributed by atoms with Gasteiger partial charge in [0.2, 0.25) is 11.8 Å². The van der Waals surface area contributed by atoms with E-state index in [0.717, 1.165) is 22.1 Å². The number of nitrogens with zero attached hydrogens (tertiary/aromatic N) is 2. The fraction of sp³-hybridized carbons (Fsp3) is 0.214. The molecule has 0 spiro atoms. The highest BCUT2D eigenvalue weighted by Gasteiger charge is 2.17. The number of amides is 2. The molecule has 2 amide bonds. The summed E-state index contributed by atoms with van der Waals surface area (Å²) >= 11 is 0. The highest BCUT2D eigenvalue weighted by Crippen LogP contribution is 2.15. The number of anilines is 1. The zero-order valence-corrected chi connectivity index (χ0v) is 20.3. The number of aromatic nitrogens is 2. The summed E-state index contributed by atoms with van der Waals surface area (Å²) in [5, 5.41) is 5.99. The summed E-state index contributed by atoms with van der Waals surface area (Å²) in [6, 6.07) is 20.8. The van der Waals surface area contributed by atoms with Gasteiger partial charge in [0.1, 0.15) is 6.54 Å². The molecule has 4 rings (SSSR count). The van der Waals surface area contributed by atoms with Crippen molar-refractivity contribution in [1.29, 1.82) is 0 Å². The second-order valence-corrected chi connectivity index (χ2v) is 8.58. The maximum absolute atomic E-state index is 13.5. The molecule has 0 saturated heterocycles. The van der Waals surface area contributed by atoms with E-state index in [4.69, 9.17) is 0 Å². The van der Waals surface area contributed by atoms with E-state index in [1.165, 1.54) is 4.57 Å². The summed E-state index contributed by atoms with van der Waals surface area (Å²) in [6.07, 6.45) is 1.06. The second-order valence-electron chi connectivity index (χ2n) is 8.58. The van der Waals surface area contributed by atoms with E-state index in [-0.39, 0.29) is 24.8 Å². The van der Waals surface area contributed by atoms with E-state index < -0.39 is 11.2 Å². The Hall–Kier alpha value is -4.46. The van der Waals surface area contributed by atoms with Crippen molar-refractivity contribution in [3.8, 4) is 5.69 Å². The lowest BCUT2D eigenvalue weighted by atomic mass is 10.1. The smallest absolute Gasteiger partial charge is 0.336 e. The third-order valence-electron chi connectivity index (χ3n) is 5.90. The van der Waals surface area contributed by atoms with E-state index in [2.05, 4.69) is 10.6 Å². The molecule has 0 bridgehead atoms. The van der Waals surface area contributed by atoms with Crippen LogP contribution < -0.4 is 21.9 Å². The number of aryl methyl sites for hydroxylation is 1. The highest BCUT2D eigenvalue weighted by molar-refractivity contribution is 5.92. The average molecular weight is 485 g/mol. The Kier molecular flexibility index (Phi) is 7.44. The number of hydrogen-bond donors (Lipinski definition) is 2. The molecule has 2 N–H and O–H groups in total. The minimum absolute atomic E-state index is 0.0884. The van der Waals surface area contributed by atoms with Crippen LogP contribution in [0.3, 0.4) is 0 Å². The van der Waals surface area contributed by atoms with Crippen LogP contribution in [0.2, 0.25) is 0 Å². The van der Waals surface area contributed by atoms with Gasteiger partial charge in [-0.2, -0.15) is 0 Å². The second kappa shape index (κ2) is 10.9. The number of para-hydroxylation sites is 2. The van der Waals surface area contributed by atoms with E-state index in [9.17, 15) is 19.2 Å². The Labute approximate surface area is 208 Å². The van der Waals surface area contributed by atoms with E-state index in [1.807, 2.05) is 32.0 Å². The molecule has 3 aromatic carbocycles. The number of carbonyl (C=O) groups excluding carboxylic acids is 2. The fourth-order valence-corrected chi connectivity index (χ4v) is 4.02. The minimum Gasteiger partial charge on any atom is -0.356 e. The summed E-state index contributed by atoms with van der Waals surface area (Å²) in [5.41, 5.74) is 1.98. The summed E-state index contributed by atoms with van der Waals surface area (Å²) in [4.78, 5) is 51.7. The molecule has 0 unspecified atom stereocenters. The van der Waals surface area contributed by atoms with Crippen LogP contribution in [-0.4, -0.2) is 27.5 Å². The van der Waals surface area contributed by atoms with Crippen LogP contribution in [-0.2, 0) is 22.6 Å². The van der Waals surface area contributed by atoms with E-state index >= 15 is 0 Å². The van der Waals surface area contributed by atoms with Crippen LogP contribution in [0, 0.1) is 6.92 Å². The summed E-state index contributed by atoms with van der Waals surface area (Å²) in [6.45, 7) is 4.22. The van der Waals surface area contributed by atoms with Gasteiger partial charge in [-0.05, 0) is 54.8 Å². The molecule has 8 heteroatoms. The van der Waals surface area contributed by atoms with Crippen molar-refractivity contribution in [2.45, 2.75) is 33.2 Å². The standard InChI is InChI=1S/C28H28N4O4/c1-3-16-29-25(33)17-20-12-14-21(15-13-20)32-27(35)22-9-5-7-11-24(22)31(28(32)36)18-26(34)30-23-10-6-4-8-19(23)2/h4-15H,3,16-18H2,1-2H3,(H,29,33)(H,30,34). The van der Waals surface area contributed by atoms with Gasteiger partial charge in [0, 0.05) is 12.2 Å². The number of rotatable bonds is 8. The lowest BCUT2D eigenvalue weighted by Gasteiger charge is -2.15. The van der Waals surface area contributed by atoms with Crippen molar-refractivity contribution in [3.63, 3.8) is 0 Å². The van der Waals surface area contributed by atoms with Crippen molar-refractivity contribution in [2.24, 2.45) is 0 Å². The van der Waals surface area contributed by atoms with Crippen molar-refractivity contribution < 1.29 is 9.59 Å². The Morgan fingerprint density at radius 2 is 1.56 bits per heavy atom. The van der Waals surface area contributed by atoms with Gasteiger partial charge in [0.15, 0.2) is 0 Å². The first-order chi connectivity index (χ1) is 17.4. The van der Waals surface area contributed by atoms with Gasteiger partial charge in [-0.25, -0.2) is 9.36 Å².